The van der Waals surface area contributed by atoms with Gasteiger partial charge in [0.05, 0.1) is 18.2 Å². The standard InChI is InChI=1S/C23H32N6O2/c1-15(2)21-23(30)26-20-14-28(16-7-11-31-12-8-16)9-10-29(20)13-19-24-18-6-4-3-5-17(18)22(25-19)27-21/h3-6,15-16,20-21H,7-14H2,1-2H3,(H,26,30)(H,24,25,27). The van der Waals surface area contributed by atoms with Crippen LogP contribution in [0.25, 0.3) is 10.9 Å². The fraction of sp³-hybridized carbons (Fsp3) is 0.609. The molecule has 4 heterocycles. The number of hydrogen-bond donors (Lipinski definition) is 2. The molecule has 2 atom stereocenters. The summed E-state index contributed by atoms with van der Waals surface area (Å²) in [6, 6.07) is 8.19. The highest BCUT2D eigenvalue weighted by Gasteiger charge is 2.35. The van der Waals surface area contributed by atoms with E-state index in [9.17, 15) is 4.79 Å². The Balaban J connectivity index is 1.48. The number of nitrogens with zero attached hydrogens (tertiary/aromatic N) is 4. The molecule has 2 fully saturated rings. The largest absolute Gasteiger partial charge is 0.381 e. The Morgan fingerprint density at radius 1 is 1.06 bits per heavy atom. The number of piperazine rings is 1. The Hall–Kier alpha value is -2.29. The average molecular weight is 425 g/mol. The Kier molecular flexibility index (Phi) is 5.77. The van der Waals surface area contributed by atoms with Gasteiger partial charge in [-0.1, -0.05) is 26.0 Å². The summed E-state index contributed by atoms with van der Waals surface area (Å²) in [5.41, 5.74) is 0.913. The van der Waals surface area contributed by atoms with Gasteiger partial charge in [0, 0.05) is 44.3 Å². The maximum Gasteiger partial charge on any atom is 0.244 e. The van der Waals surface area contributed by atoms with Crippen molar-refractivity contribution < 1.29 is 9.53 Å². The molecular weight excluding hydrogens is 392 g/mol. The third kappa shape index (κ3) is 4.24. The first-order valence-corrected chi connectivity index (χ1v) is 11.5. The fourth-order valence-electron chi connectivity index (χ4n) is 4.97. The van der Waals surface area contributed by atoms with Crippen molar-refractivity contribution in [2.75, 3.05) is 38.2 Å². The number of nitrogens with one attached hydrogen (secondary N) is 2. The molecule has 8 heteroatoms. The van der Waals surface area contributed by atoms with E-state index in [4.69, 9.17) is 14.7 Å². The summed E-state index contributed by atoms with van der Waals surface area (Å²) >= 11 is 0. The van der Waals surface area contributed by atoms with Crippen LogP contribution in [0.2, 0.25) is 0 Å². The van der Waals surface area contributed by atoms with E-state index in [1.807, 2.05) is 24.3 Å². The van der Waals surface area contributed by atoms with Crippen molar-refractivity contribution in [3.63, 3.8) is 0 Å². The van der Waals surface area contributed by atoms with E-state index in [1.165, 1.54) is 0 Å². The molecule has 1 aromatic carbocycles. The molecule has 166 valence electrons. The number of carbonyl (C=O) groups is 1. The van der Waals surface area contributed by atoms with Crippen LogP contribution in [0.3, 0.4) is 0 Å². The zero-order valence-electron chi connectivity index (χ0n) is 18.4. The summed E-state index contributed by atoms with van der Waals surface area (Å²) in [6.07, 6.45) is 2.07. The van der Waals surface area contributed by atoms with Gasteiger partial charge >= 0.3 is 0 Å². The summed E-state index contributed by atoms with van der Waals surface area (Å²) in [4.78, 5) is 27.9. The number of benzene rings is 1. The van der Waals surface area contributed by atoms with Crippen molar-refractivity contribution in [1.29, 1.82) is 0 Å². The van der Waals surface area contributed by atoms with E-state index in [0.29, 0.717) is 12.6 Å². The lowest BCUT2D eigenvalue weighted by molar-refractivity contribution is -0.126. The molecule has 0 spiro atoms. The lowest BCUT2D eigenvalue weighted by Crippen LogP contribution is -2.63. The molecule has 2 aromatic rings. The number of ether oxygens (including phenoxy) is 1. The molecule has 5 rings (SSSR count). The number of hydrogen-bond acceptors (Lipinski definition) is 7. The van der Waals surface area contributed by atoms with Crippen molar-refractivity contribution in [3.05, 3.63) is 30.1 Å². The van der Waals surface area contributed by atoms with Crippen LogP contribution in [-0.4, -0.2) is 76.8 Å². The molecule has 1 aromatic heterocycles. The van der Waals surface area contributed by atoms with Gasteiger partial charge in [0.2, 0.25) is 5.91 Å². The summed E-state index contributed by atoms with van der Waals surface area (Å²) in [5.74, 6) is 1.70. The van der Waals surface area contributed by atoms with Crippen LogP contribution in [0.5, 0.6) is 0 Å². The van der Waals surface area contributed by atoms with Crippen LogP contribution in [-0.2, 0) is 16.1 Å². The number of fused-ring (bicyclic) bond motifs is 5. The molecule has 2 N–H and O–H groups in total. The maximum atomic E-state index is 13.4. The highest BCUT2D eigenvalue weighted by Crippen LogP contribution is 2.25. The van der Waals surface area contributed by atoms with E-state index in [1.54, 1.807) is 0 Å². The van der Waals surface area contributed by atoms with Gasteiger partial charge in [0.1, 0.15) is 17.7 Å². The van der Waals surface area contributed by atoms with E-state index in [-0.39, 0.29) is 24.0 Å². The second-order valence-corrected chi connectivity index (χ2v) is 9.20. The molecule has 2 bridgehead atoms. The fourth-order valence-corrected chi connectivity index (χ4v) is 4.97. The van der Waals surface area contributed by atoms with Gasteiger partial charge in [-0.25, -0.2) is 9.97 Å². The predicted molar refractivity (Wildman–Crippen MR) is 120 cm³/mol. The van der Waals surface area contributed by atoms with Crippen LogP contribution in [0.4, 0.5) is 5.82 Å². The van der Waals surface area contributed by atoms with E-state index in [2.05, 4.69) is 34.3 Å². The zero-order valence-corrected chi connectivity index (χ0v) is 18.4. The molecule has 1 amide bonds. The summed E-state index contributed by atoms with van der Waals surface area (Å²) in [6.45, 7) is 9.11. The Morgan fingerprint density at radius 3 is 2.65 bits per heavy atom. The van der Waals surface area contributed by atoms with E-state index >= 15 is 0 Å². The number of para-hydroxylation sites is 1. The first kappa shape index (κ1) is 20.6. The number of rotatable bonds is 2. The molecular formula is C23H32N6O2. The third-order valence-corrected chi connectivity index (χ3v) is 6.77. The molecule has 0 saturated carbocycles. The summed E-state index contributed by atoms with van der Waals surface area (Å²) in [5, 5.41) is 7.73. The molecule has 31 heavy (non-hydrogen) atoms. The van der Waals surface area contributed by atoms with Crippen molar-refractivity contribution in [2.24, 2.45) is 5.92 Å². The predicted octanol–water partition coefficient (Wildman–Crippen LogP) is 1.82. The molecule has 2 unspecified atom stereocenters. The third-order valence-electron chi connectivity index (χ3n) is 6.77. The molecule has 0 aliphatic carbocycles. The van der Waals surface area contributed by atoms with Gasteiger partial charge in [-0.3, -0.25) is 14.6 Å². The lowest BCUT2D eigenvalue weighted by atomic mass is 10.0. The molecule has 0 radical (unpaired) electrons. The highest BCUT2D eigenvalue weighted by atomic mass is 16.5. The molecule has 3 aliphatic rings. The first-order valence-electron chi connectivity index (χ1n) is 11.5. The minimum atomic E-state index is -0.357. The Bertz CT molecular complexity index is 945. The van der Waals surface area contributed by atoms with Gasteiger partial charge in [-0.2, -0.15) is 0 Å². The SMILES string of the molecule is CC(C)C1Nc2nc(nc3ccccc23)CN2CCN(C3CCOCC3)CC2NC1=O. The molecule has 3 aliphatic heterocycles. The van der Waals surface area contributed by atoms with Crippen LogP contribution in [0.15, 0.2) is 24.3 Å². The smallest absolute Gasteiger partial charge is 0.244 e. The minimum absolute atomic E-state index is 0.0324. The van der Waals surface area contributed by atoms with Crippen molar-refractivity contribution in [3.8, 4) is 0 Å². The normalized spacial score (nSPS) is 26.4. The van der Waals surface area contributed by atoms with E-state index < -0.39 is 0 Å². The second-order valence-electron chi connectivity index (χ2n) is 9.20. The zero-order chi connectivity index (χ0) is 21.4. The summed E-state index contributed by atoms with van der Waals surface area (Å²) in [7, 11) is 0. The number of anilines is 1. The van der Waals surface area contributed by atoms with Gasteiger partial charge in [0.15, 0.2) is 0 Å². The quantitative estimate of drug-likeness (QED) is 0.761. The number of amides is 1. The van der Waals surface area contributed by atoms with Crippen molar-refractivity contribution >= 4 is 22.6 Å². The maximum absolute atomic E-state index is 13.4. The highest BCUT2D eigenvalue weighted by molar-refractivity contribution is 5.92. The van der Waals surface area contributed by atoms with Gasteiger partial charge in [0.25, 0.3) is 0 Å². The molecule has 8 nitrogen and oxygen atoms in total. The summed E-state index contributed by atoms with van der Waals surface area (Å²) < 4.78 is 5.55. The van der Waals surface area contributed by atoms with Crippen LogP contribution >= 0.6 is 0 Å². The molecule has 2 saturated heterocycles. The first-order chi connectivity index (χ1) is 15.1. The Morgan fingerprint density at radius 2 is 1.84 bits per heavy atom. The van der Waals surface area contributed by atoms with Gasteiger partial charge < -0.3 is 15.4 Å². The minimum Gasteiger partial charge on any atom is -0.381 e. The van der Waals surface area contributed by atoms with Gasteiger partial charge in [-0.05, 0) is 30.9 Å². The number of aromatic nitrogens is 2. The topological polar surface area (TPSA) is 82.6 Å². The number of carbonyl (C=O) groups excluding carboxylic acids is 1. The van der Waals surface area contributed by atoms with Crippen LogP contribution in [0.1, 0.15) is 32.5 Å². The average Bonchev–Trinajstić information content (AvgIpc) is 2.78. The van der Waals surface area contributed by atoms with Crippen LogP contribution in [0, 0.1) is 5.92 Å². The van der Waals surface area contributed by atoms with Crippen LogP contribution < -0.4 is 10.6 Å². The van der Waals surface area contributed by atoms with Crippen molar-refractivity contribution in [1.82, 2.24) is 25.1 Å². The van der Waals surface area contributed by atoms with Crippen molar-refractivity contribution in [2.45, 2.75) is 51.5 Å². The second kappa shape index (κ2) is 8.68. The van der Waals surface area contributed by atoms with Gasteiger partial charge in [-0.15, -0.1) is 0 Å². The lowest BCUT2D eigenvalue weighted by Gasteiger charge is -2.45. The Labute approximate surface area is 183 Å². The van der Waals surface area contributed by atoms with E-state index in [0.717, 1.165) is 68.2 Å². The monoisotopic (exact) mass is 424 g/mol.